The number of halogens is 3. The molecule has 21 heavy (non-hydrogen) atoms. The first-order chi connectivity index (χ1) is 9.79. The van der Waals surface area contributed by atoms with Crippen molar-refractivity contribution in [2.45, 2.75) is 6.92 Å². The Labute approximate surface area is 135 Å². The van der Waals surface area contributed by atoms with E-state index in [0.717, 1.165) is 6.20 Å². The molecular formula is C12H8Cl3N3O3. The summed E-state index contributed by atoms with van der Waals surface area (Å²) in [6, 6.07) is 1.65. The second kappa shape index (κ2) is 7.36. The van der Waals surface area contributed by atoms with Crippen LogP contribution in [0.15, 0.2) is 6.20 Å². The summed E-state index contributed by atoms with van der Waals surface area (Å²) >= 11 is 17.2. The van der Waals surface area contributed by atoms with Gasteiger partial charge >= 0.3 is 5.97 Å². The number of hydrogen-bond acceptors (Lipinski definition) is 6. The molecule has 1 aromatic heterocycles. The number of carbonyl (C=O) groups excluding carboxylic acids is 2. The van der Waals surface area contributed by atoms with Crippen LogP contribution < -0.4 is 0 Å². The van der Waals surface area contributed by atoms with Gasteiger partial charge in [0.05, 0.1) is 21.1 Å². The minimum Gasteiger partial charge on any atom is -0.453 e. The van der Waals surface area contributed by atoms with E-state index in [2.05, 4.69) is 4.98 Å². The van der Waals surface area contributed by atoms with Gasteiger partial charge in [0.25, 0.3) is 0 Å². The van der Waals surface area contributed by atoms with Crippen LogP contribution in [0.2, 0.25) is 15.1 Å². The Hall–Kier alpha value is -1.68. The van der Waals surface area contributed by atoms with Crippen LogP contribution >= 0.6 is 34.8 Å². The van der Waals surface area contributed by atoms with Gasteiger partial charge < -0.3 is 10.1 Å². The molecule has 6 nitrogen and oxygen atoms in total. The van der Waals surface area contributed by atoms with Gasteiger partial charge in [0.15, 0.2) is 18.1 Å². The first-order valence-corrected chi connectivity index (χ1v) is 6.57. The summed E-state index contributed by atoms with van der Waals surface area (Å²) in [5.41, 5.74) is -0.428. The molecule has 0 bridgehead atoms. The first kappa shape index (κ1) is 17.4. The average Bonchev–Trinajstić information content (AvgIpc) is 2.42. The summed E-state index contributed by atoms with van der Waals surface area (Å²) in [6.07, 6.45) is 1.12. The second-order valence-corrected chi connectivity index (χ2v) is 5.03. The van der Waals surface area contributed by atoms with Crippen molar-refractivity contribution in [3.63, 3.8) is 0 Å². The molecule has 9 heteroatoms. The van der Waals surface area contributed by atoms with Crippen LogP contribution in [0, 0.1) is 22.7 Å². The molecule has 1 N–H and O–H groups in total. The number of pyridine rings is 1. The summed E-state index contributed by atoms with van der Waals surface area (Å²) in [5.74, 6) is -2.95. The maximum atomic E-state index is 11.8. The molecule has 0 fully saturated rings. The summed E-state index contributed by atoms with van der Waals surface area (Å²) in [5, 5.41) is 15.8. The van der Waals surface area contributed by atoms with Gasteiger partial charge in [-0.15, -0.1) is 0 Å². The summed E-state index contributed by atoms with van der Waals surface area (Å²) < 4.78 is 4.71. The molecule has 0 spiro atoms. The fourth-order valence-electron chi connectivity index (χ4n) is 1.28. The van der Waals surface area contributed by atoms with Gasteiger partial charge in [-0.3, -0.25) is 4.79 Å². The van der Waals surface area contributed by atoms with Crippen LogP contribution in [0.4, 0.5) is 0 Å². The summed E-state index contributed by atoms with van der Waals surface area (Å²) in [4.78, 5) is 27.0. The molecule has 0 aliphatic carbocycles. The number of hydrogen-bond donors (Lipinski definition) is 1. The highest BCUT2D eigenvalue weighted by Gasteiger charge is 2.24. The zero-order chi connectivity index (χ0) is 16.2. The molecule has 1 heterocycles. The molecule has 110 valence electrons. The van der Waals surface area contributed by atoms with Crippen LogP contribution in [0.3, 0.4) is 0 Å². The van der Waals surface area contributed by atoms with Crippen LogP contribution in [0.5, 0.6) is 0 Å². The molecule has 0 aromatic carbocycles. The molecule has 0 aliphatic rings. The highest BCUT2D eigenvalue weighted by Crippen LogP contribution is 2.31. The van der Waals surface area contributed by atoms with E-state index in [1.165, 1.54) is 6.92 Å². The minimum absolute atomic E-state index is 0.0585. The van der Waals surface area contributed by atoms with E-state index in [1.54, 1.807) is 6.07 Å². The standard InChI is InChI=1S/C12H8Cl3N3O3/c1-5(17)6(2-16)8(19)4-21-12(20)11-10(15)9(14)7(13)3-18-11/h3,6,17H,4H2,1H3. The van der Waals surface area contributed by atoms with Crippen molar-refractivity contribution in [2.75, 3.05) is 6.61 Å². The zero-order valence-electron chi connectivity index (χ0n) is 10.6. The largest absolute Gasteiger partial charge is 0.453 e. The molecule has 0 amide bonds. The van der Waals surface area contributed by atoms with Crippen molar-refractivity contribution in [3.05, 3.63) is 27.0 Å². The lowest BCUT2D eigenvalue weighted by Gasteiger charge is -2.08. The quantitative estimate of drug-likeness (QED) is 0.650. The van der Waals surface area contributed by atoms with Gasteiger partial charge in [-0.2, -0.15) is 5.26 Å². The van der Waals surface area contributed by atoms with Crippen LogP contribution in [0.25, 0.3) is 0 Å². The third-order valence-corrected chi connectivity index (χ3v) is 3.58. The lowest BCUT2D eigenvalue weighted by Crippen LogP contribution is -2.25. The van der Waals surface area contributed by atoms with Crippen molar-refractivity contribution in [1.29, 1.82) is 10.7 Å². The highest BCUT2D eigenvalue weighted by molar-refractivity contribution is 6.48. The maximum absolute atomic E-state index is 11.8. The molecule has 1 aromatic rings. The van der Waals surface area contributed by atoms with Gasteiger partial charge in [0, 0.05) is 11.9 Å². The lowest BCUT2D eigenvalue weighted by molar-refractivity contribution is -0.122. The number of aromatic nitrogens is 1. The topological polar surface area (TPSA) is 104 Å². The molecule has 1 atom stereocenters. The third kappa shape index (κ3) is 4.14. The number of nitrogens with one attached hydrogen (secondary N) is 1. The van der Waals surface area contributed by atoms with Crippen LogP contribution in [-0.4, -0.2) is 29.1 Å². The molecule has 1 unspecified atom stereocenters. The number of esters is 1. The van der Waals surface area contributed by atoms with Crippen molar-refractivity contribution < 1.29 is 14.3 Å². The number of ketones is 1. The summed E-state index contributed by atoms with van der Waals surface area (Å²) in [6.45, 7) is 0.635. The van der Waals surface area contributed by atoms with Gasteiger partial charge in [-0.25, -0.2) is 9.78 Å². The van der Waals surface area contributed by atoms with E-state index in [4.69, 9.17) is 50.2 Å². The lowest BCUT2D eigenvalue weighted by atomic mass is 10.0. The molecular weight excluding hydrogens is 341 g/mol. The number of carbonyl (C=O) groups is 2. The van der Waals surface area contributed by atoms with Crippen molar-refractivity contribution >= 4 is 52.3 Å². The van der Waals surface area contributed by atoms with Gasteiger partial charge in [-0.05, 0) is 6.92 Å². The fraction of sp³-hybridized carbons (Fsp3) is 0.250. The zero-order valence-corrected chi connectivity index (χ0v) is 12.9. The molecule has 1 rings (SSSR count). The van der Waals surface area contributed by atoms with E-state index in [-0.39, 0.29) is 26.5 Å². The predicted octanol–water partition coefficient (Wildman–Crippen LogP) is 2.95. The Morgan fingerprint density at radius 3 is 2.57 bits per heavy atom. The Balaban J connectivity index is 2.80. The normalized spacial score (nSPS) is 11.4. The monoisotopic (exact) mass is 347 g/mol. The Kier molecular flexibility index (Phi) is 6.09. The average molecular weight is 349 g/mol. The summed E-state index contributed by atoms with van der Waals surface area (Å²) in [7, 11) is 0. The van der Waals surface area contributed by atoms with Crippen molar-refractivity contribution in [3.8, 4) is 6.07 Å². The minimum atomic E-state index is -1.25. The van der Waals surface area contributed by atoms with Gasteiger partial charge in [0.2, 0.25) is 0 Å². The predicted molar refractivity (Wildman–Crippen MR) is 77.1 cm³/mol. The molecule has 0 saturated heterocycles. The smallest absolute Gasteiger partial charge is 0.358 e. The SMILES string of the molecule is CC(=N)C(C#N)C(=O)COC(=O)c1ncc(Cl)c(Cl)c1Cl. The number of Topliss-reactive ketones (excluding diaryl/α,β-unsaturated/α-hetero) is 1. The fourth-order valence-corrected chi connectivity index (χ4v) is 1.84. The first-order valence-electron chi connectivity index (χ1n) is 5.43. The number of nitrogens with zero attached hydrogens (tertiary/aromatic N) is 2. The Bertz CT molecular complexity index is 655. The van der Waals surface area contributed by atoms with E-state index < -0.39 is 24.3 Å². The van der Waals surface area contributed by atoms with Gasteiger partial charge in [-0.1, -0.05) is 34.8 Å². The Morgan fingerprint density at radius 2 is 2.05 bits per heavy atom. The number of ether oxygens (including phenoxy) is 1. The van der Waals surface area contributed by atoms with Crippen LogP contribution in [-0.2, 0) is 9.53 Å². The molecule has 0 saturated carbocycles. The Morgan fingerprint density at radius 1 is 1.43 bits per heavy atom. The number of rotatable bonds is 5. The number of nitriles is 1. The van der Waals surface area contributed by atoms with Gasteiger partial charge in [0.1, 0.15) is 5.92 Å². The highest BCUT2D eigenvalue weighted by atomic mass is 35.5. The maximum Gasteiger partial charge on any atom is 0.358 e. The van der Waals surface area contributed by atoms with E-state index >= 15 is 0 Å². The van der Waals surface area contributed by atoms with Crippen LogP contribution in [0.1, 0.15) is 17.4 Å². The second-order valence-electron chi connectivity index (χ2n) is 3.87. The van der Waals surface area contributed by atoms with E-state index in [9.17, 15) is 9.59 Å². The van der Waals surface area contributed by atoms with Crippen molar-refractivity contribution in [2.24, 2.45) is 5.92 Å². The molecule has 0 radical (unpaired) electrons. The third-order valence-electron chi connectivity index (χ3n) is 2.34. The van der Waals surface area contributed by atoms with E-state index in [1.807, 2.05) is 0 Å². The molecule has 0 aliphatic heterocycles. The van der Waals surface area contributed by atoms with E-state index in [0.29, 0.717) is 0 Å². The van der Waals surface area contributed by atoms with Crippen molar-refractivity contribution in [1.82, 2.24) is 4.98 Å².